The highest BCUT2D eigenvalue weighted by molar-refractivity contribution is 9.10. The van der Waals surface area contributed by atoms with Crippen molar-refractivity contribution in [3.05, 3.63) is 70.3 Å². The Labute approximate surface area is 131 Å². The molecule has 0 radical (unpaired) electrons. The lowest BCUT2D eigenvalue weighted by atomic mass is 10.1. The molecule has 0 atom stereocenters. The molecular formula is C17H13BrN2O. The predicted octanol–water partition coefficient (Wildman–Crippen LogP) is 4.56. The quantitative estimate of drug-likeness (QED) is 0.743. The Morgan fingerprint density at radius 2 is 1.95 bits per heavy atom. The molecule has 0 aliphatic heterocycles. The molecule has 3 aromatic rings. The molecule has 1 aromatic heterocycles. The van der Waals surface area contributed by atoms with Crippen LogP contribution in [0.4, 0.5) is 5.69 Å². The van der Waals surface area contributed by atoms with Crippen LogP contribution in [0.1, 0.15) is 15.9 Å². The zero-order valence-electron chi connectivity index (χ0n) is 11.4. The van der Waals surface area contributed by atoms with Gasteiger partial charge in [0.2, 0.25) is 0 Å². The molecule has 0 aliphatic carbocycles. The summed E-state index contributed by atoms with van der Waals surface area (Å²) in [7, 11) is 0. The third kappa shape index (κ3) is 2.81. The van der Waals surface area contributed by atoms with E-state index in [0.717, 1.165) is 21.1 Å². The Morgan fingerprint density at radius 3 is 2.81 bits per heavy atom. The fraction of sp³-hybridized carbons (Fsp3) is 0.0588. The summed E-state index contributed by atoms with van der Waals surface area (Å²) in [4.78, 5) is 16.8. The van der Waals surface area contributed by atoms with Gasteiger partial charge in [-0.1, -0.05) is 40.2 Å². The first-order chi connectivity index (χ1) is 10.1. The maximum absolute atomic E-state index is 12.5. The molecule has 104 valence electrons. The van der Waals surface area contributed by atoms with Crippen molar-refractivity contribution in [3.63, 3.8) is 0 Å². The van der Waals surface area contributed by atoms with E-state index in [1.54, 1.807) is 12.3 Å². The van der Waals surface area contributed by atoms with Crippen molar-refractivity contribution >= 4 is 38.4 Å². The summed E-state index contributed by atoms with van der Waals surface area (Å²) in [6, 6.07) is 15.2. The molecular weight excluding hydrogens is 328 g/mol. The summed E-state index contributed by atoms with van der Waals surface area (Å²) in [5, 5.41) is 3.91. The molecule has 0 aliphatic rings. The molecule has 0 saturated carbocycles. The van der Waals surface area contributed by atoms with Gasteiger partial charge in [-0.25, -0.2) is 0 Å². The number of anilines is 1. The number of carbonyl (C=O) groups excluding carboxylic acids is 1. The van der Waals surface area contributed by atoms with E-state index >= 15 is 0 Å². The van der Waals surface area contributed by atoms with Gasteiger partial charge >= 0.3 is 0 Å². The Balaban J connectivity index is 1.99. The number of halogens is 1. The lowest BCUT2D eigenvalue weighted by Gasteiger charge is -2.10. The topological polar surface area (TPSA) is 42.0 Å². The number of rotatable bonds is 2. The number of hydrogen-bond acceptors (Lipinski definition) is 2. The second-order valence-corrected chi connectivity index (χ2v) is 5.71. The van der Waals surface area contributed by atoms with Crippen molar-refractivity contribution in [1.82, 2.24) is 4.98 Å². The lowest BCUT2D eigenvalue weighted by molar-refractivity contribution is 0.102. The number of aromatic nitrogens is 1. The van der Waals surface area contributed by atoms with Crippen LogP contribution >= 0.6 is 15.9 Å². The van der Waals surface area contributed by atoms with Crippen LogP contribution in [0.15, 0.2) is 59.2 Å². The van der Waals surface area contributed by atoms with Crippen LogP contribution in [0.25, 0.3) is 10.9 Å². The monoisotopic (exact) mass is 340 g/mol. The van der Waals surface area contributed by atoms with Gasteiger partial charge in [-0.3, -0.25) is 9.78 Å². The van der Waals surface area contributed by atoms with Gasteiger partial charge in [-0.2, -0.15) is 0 Å². The summed E-state index contributed by atoms with van der Waals surface area (Å²) in [5.41, 5.74) is 3.10. The number of hydrogen-bond donors (Lipinski definition) is 1. The van der Waals surface area contributed by atoms with Gasteiger partial charge in [0.1, 0.15) is 0 Å². The maximum Gasteiger partial charge on any atom is 0.257 e. The Bertz CT molecular complexity index is 825. The van der Waals surface area contributed by atoms with Gasteiger partial charge in [0, 0.05) is 21.7 Å². The Morgan fingerprint density at radius 1 is 1.14 bits per heavy atom. The van der Waals surface area contributed by atoms with Crippen LogP contribution < -0.4 is 5.32 Å². The SMILES string of the molecule is Cc1ccc(Br)cc1NC(=O)c1cccc2cccnc12. The molecule has 0 saturated heterocycles. The maximum atomic E-state index is 12.5. The smallest absolute Gasteiger partial charge is 0.257 e. The van der Waals surface area contributed by atoms with Gasteiger partial charge in [-0.15, -0.1) is 0 Å². The molecule has 2 aromatic carbocycles. The molecule has 0 fully saturated rings. The van der Waals surface area contributed by atoms with Crippen molar-refractivity contribution in [2.45, 2.75) is 6.92 Å². The number of benzene rings is 2. The molecule has 0 spiro atoms. The average Bonchev–Trinajstić information content (AvgIpc) is 2.50. The fourth-order valence-corrected chi connectivity index (χ4v) is 2.57. The molecule has 0 bridgehead atoms. The minimum Gasteiger partial charge on any atom is -0.322 e. The van der Waals surface area contributed by atoms with E-state index in [1.807, 2.05) is 49.4 Å². The summed E-state index contributed by atoms with van der Waals surface area (Å²) in [6.45, 7) is 1.96. The van der Waals surface area contributed by atoms with E-state index in [-0.39, 0.29) is 5.91 Å². The standard InChI is InChI=1S/C17H13BrN2O/c1-11-7-8-13(18)10-15(11)20-17(21)14-6-2-4-12-5-3-9-19-16(12)14/h2-10H,1H3,(H,20,21). The second kappa shape index (κ2) is 5.66. The zero-order chi connectivity index (χ0) is 14.8. The minimum atomic E-state index is -0.152. The third-order valence-electron chi connectivity index (χ3n) is 3.33. The number of nitrogens with one attached hydrogen (secondary N) is 1. The van der Waals surface area contributed by atoms with Crippen LogP contribution in [-0.4, -0.2) is 10.9 Å². The minimum absolute atomic E-state index is 0.152. The van der Waals surface area contributed by atoms with E-state index in [1.165, 1.54) is 0 Å². The van der Waals surface area contributed by atoms with Crippen molar-refractivity contribution in [1.29, 1.82) is 0 Å². The number of aryl methyl sites for hydroxylation is 1. The zero-order valence-corrected chi connectivity index (χ0v) is 13.0. The number of nitrogens with zero attached hydrogens (tertiary/aromatic N) is 1. The number of pyridine rings is 1. The fourth-order valence-electron chi connectivity index (χ4n) is 2.21. The summed E-state index contributed by atoms with van der Waals surface area (Å²) < 4.78 is 0.930. The van der Waals surface area contributed by atoms with Crippen LogP contribution in [0, 0.1) is 6.92 Å². The highest BCUT2D eigenvalue weighted by atomic mass is 79.9. The van der Waals surface area contributed by atoms with E-state index in [9.17, 15) is 4.79 Å². The Hall–Kier alpha value is -2.20. The van der Waals surface area contributed by atoms with E-state index < -0.39 is 0 Å². The van der Waals surface area contributed by atoms with Crippen LogP contribution in [0.2, 0.25) is 0 Å². The largest absolute Gasteiger partial charge is 0.322 e. The number of fused-ring (bicyclic) bond motifs is 1. The van der Waals surface area contributed by atoms with Crippen molar-refractivity contribution in [2.75, 3.05) is 5.32 Å². The van der Waals surface area contributed by atoms with Crippen molar-refractivity contribution in [2.24, 2.45) is 0 Å². The predicted molar refractivity (Wildman–Crippen MR) is 88.6 cm³/mol. The first-order valence-electron chi connectivity index (χ1n) is 6.56. The number of carbonyl (C=O) groups is 1. The van der Waals surface area contributed by atoms with Gasteiger partial charge in [-0.05, 0) is 36.8 Å². The molecule has 3 rings (SSSR count). The van der Waals surface area contributed by atoms with E-state index in [0.29, 0.717) is 11.1 Å². The van der Waals surface area contributed by atoms with E-state index in [4.69, 9.17) is 0 Å². The first kappa shape index (κ1) is 13.8. The molecule has 21 heavy (non-hydrogen) atoms. The highest BCUT2D eigenvalue weighted by Crippen LogP contribution is 2.22. The molecule has 1 heterocycles. The first-order valence-corrected chi connectivity index (χ1v) is 7.36. The molecule has 0 unspecified atom stereocenters. The summed E-state index contributed by atoms with van der Waals surface area (Å²) in [5.74, 6) is -0.152. The number of para-hydroxylation sites is 1. The van der Waals surface area contributed by atoms with Gasteiger partial charge in [0.05, 0.1) is 11.1 Å². The van der Waals surface area contributed by atoms with Crippen molar-refractivity contribution < 1.29 is 4.79 Å². The van der Waals surface area contributed by atoms with Gasteiger partial charge in [0.15, 0.2) is 0 Å². The molecule has 4 heteroatoms. The third-order valence-corrected chi connectivity index (χ3v) is 3.82. The highest BCUT2D eigenvalue weighted by Gasteiger charge is 2.12. The summed E-state index contributed by atoms with van der Waals surface area (Å²) in [6.07, 6.45) is 1.70. The summed E-state index contributed by atoms with van der Waals surface area (Å²) >= 11 is 3.42. The van der Waals surface area contributed by atoms with E-state index in [2.05, 4.69) is 26.2 Å². The average molecular weight is 341 g/mol. The molecule has 3 nitrogen and oxygen atoms in total. The van der Waals surface area contributed by atoms with Gasteiger partial charge < -0.3 is 5.32 Å². The number of amides is 1. The molecule has 1 amide bonds. The second-order valence-electron chi connectivity index (χ2n) is 4.79. The molecule has 1 N–H and O–H groups in total. The Kier molecular flexibility index (Phi) is 3.71. The van der Waals surface area contributed by atoms with Crippen LogP contribution in [-0.2, 0) is 0 Å². The van der Waals surface area contributed by atoms with Gasteiger partial charge in [0.25, 0.3) is 5.91 Å². The van der Waals surface area contributed by atoms with Crippen LogP contribution in [0.3, 0.4) is 0 Å². The lowest BCUT2D eigenvalue weighted by Crippen LogP contribution is -2.13. The van der Waals surface area contributed by atoms with Crippen molar-refractivity contribution in [3.8, 4) is 0 Å². The normalized spacial score (nSPS) is 10.6. The van der Waals surface area contributed by atoms with Crippen LogP contribution in [0.5, 0.6) is 0 Å².